The summed E-state index contributed by atoms with van der Waals surface area (Å²) in [6.07, 6.45) is 1.21. The molecule has 2 heteroatoms. The minimum absolute atomic E-state index is 0.442. The van der Waals surface area contributed by atoms with Gasteiger partial charge < -0.3 is 5.32 Å². The van der Waals surface area contributed by atoms with Crippen molar-refractivity contribution in [3.05, 3.63) is 65.2 Å². The highest BCUT2D eigenvalue weighted by Gasteiger charge is 2.30. The molecule has 0 aliphatic carbocycles. The first-order valence-electron chi connectivity index (χ1n) is 8.34. The van der Waals surface area contributed by atoms with Crippen molar-refractivity contribution in [2.75, 3.05) is 5.32 Å². The second-order valence-corrected chi connectivity index (χ2v) is 13.4. The van der Waals surface area contributed by atoms with Gasteiger partial charge in [0.25, 0.3) is 0 Å². The molecule has 0 spiro atoms. The van der Waals surface area contributed by atoms with Gasteiger partial charge >= 0.3 is 0 Å². The van der Waals surface area contributed by atoms with Crippen molar-refractivity contribution in [1.29, 1.82) is 0 Å². The van der Waals surface area contributed by atoms with Gasteiger partial charge in [0.15, 0.2) is 0 Å². The van der Waals surface area contributed by atoms with Gasteiger partial charge in [0.05, 0.1) is 6.04 Å². The van der Waals surface area contributed by atoms with Crippen LogP contribution in [0.25, 0.3) is 0 Å². The molecular weight excluding hydrogens is 282 g/mol. The van der Waals surface area contributed by atoms with Crippen LogP contribution in [0.15, 0.2) is 48.5 Å². The lowest BCUT2D eigenvalue weighted by Gasteiger charge is -2.36. The fraction of sp³-hybridized carbons (Fsp3) is 0.400. The minimum Gasteiger partial charge on any atom is -0.378 e. The van der Waals surface area contributed by atoms with Crippen LogP contribution < -0.4 is 5.32 Å². The van der Waals surface area contributed by atoms with E-state index in [1.54, 1.807) is 0 Å². The summed E-state index contributed by atoms with van der Waals surface area (Å²) >= 11 is 0. The van der Waals surface area contributed by atoms with E-state index in [-0.39, 0.29) is 0 Å². The van der Waals surface area contributed by atoms with Gasteiger partial charge in [0.2, 0.25) is 0 Å². The third-order valence-electron chi connectivity index (χ3n) is 4.59. The molecule has 2 atom stereocenters. The number of benzene rings is 2. The van der Waals surface area contributed by atoms with E-state index in [0.29, 0.717) is 12.0 Å². The zero-order valence-corrected chi connectivity index (χ0v) is 15.2. The van der Waals surface area contributed by atoms with Crippen LogP contribution in [0.5, 0.6) is 0 Å². The van der Waals surface area contributed by atoms with Gasteiger partial charge in [-0.3, -0.25) is 0 Å². The maximum Gasteiger partial charge on any atom is 0.0519 e. The van der Waals surface area contributed by atoms with Crippen molar-refractivity contribution >= 4 is 13.8 Å². The van der Waals surface area contributed by atoms with Crippen LogP contribution in [0.1, 0.15) is 35.1 Å². The van der Waals surface area contributed by atoms with E-state index in [1.807, 2.05) is 0 Å². The molecule has 116 valence electrons. The van der Waals surface area contributed by atoms with Crippen molar-refractivity contribution < 1.29 is 0 Å². The van der Waals surface area contributed by atoms with Gasteiger partial charge in [0.1, 0.15) is 0 Å². The first-order valence-corrected chi connectivity index (χ1v) is 12.1. The quantitative estimate of drug-likeness (QED) is 0.688. The third kappa shape index (κ3) is 3.44. The molecule has 0 saturated heterocycles. The summed E-state index contributed by atoms with van der Waals surface area (Å²) in [5.74, 6) is 0.690. The van der Waals surface area contributed by atoms with Gasteiger partial charge in [-0.2, -0.15) is 0 Å². The SMILES string of the molecule is Cc1ccc(C2CC(C[Si](C)(C)C)c3ccccc3N2)cc1. The highest BCUT2D eigenvalue weighted by molar-refractivity contribution is 6.76. The molecule has 1 nitrogen and oxygen atoms in total. The molecule has 0 saturated carbocycles. The molecule has 0 amide bonds. The summed E-state index contributed by atoms with van der Waals surface area (Å²) in [6, 6.07) is 19.7. The first-order chi connectivity index (χ1) is 10.4. The Morgan fingerprint density at radius 1 is 1.00 bits per heavy atom. The van der Waals surface area contributed by atoms with Crippen LogP contribution in [0.4, 0.5) is 5.69 Å². The van der Waals surface area contributed by atoms with Gasteiger partial charge in [-0.15, -0.1) is 0 Å². The monoisotopic (exact) mass is 309 g/mol. The van der Waals surface area contributed by atoms with Crippen molar-refractivity contribution in [2.45, 2.75) is 51.0 Å². The number of anilines is 1. The van der Waals surface area contributed by atoms with Gasteiger partial charge in [-0.25, -0.2) is 0 Å². The Morgan fingerprint density at radius 3 is 2.36 bits per heavy atom. The average molecular weight is 310 g/mol. The van der Waals surface area contributed by atoms with Crippen LogP contribution in [-0.2, 0) is 0 Å². The molecule has 0 fully saturated rings. The summed E-state index contributed by atoms with van der Waals surface area (Å²) in [6.45, 7) is 9.61. The predicted molar refractivity (Wildman–Crippen MR) is 99.5 cm³/mol. The van der Waals surface area contributed by atoms with E-state index < -0.39 is 8.07 Å². The maximum absolute atomic E-state index is 3.76. The zero-order chi connectivity index (χ0) is 15.7. The van der Waals surface area contributed by atoms with Gasteiger partial charge in [-0.05, 0) is 36.5 Å². The molecule has 0 radical (unpaired) electrons. The van der Waals surface area contributed by atoms with Gasteiger partial charge in [-0.1, -0.05) is 73.7 Å². The van der Waals surface area contributed by atoms with Crippen molar-refractivity contribution in [3.8, 4) is 0 Å². The molecule has 2 unspecified atom stereocenters. The second kappa shape index (κ2) is 5.92. The zero-order valence-electron chi connectivity index (χ0n) is 14.2. The minimum atomic E-state index is -1.08. The lowest BCUT2D eigenvalue weighted by molar-refractivity contribution is 0.574. The fourth-order valence-electron chi connectivity index (χ4n) is 3.59. The Hall–Kier alpha value is -1.54. The molecule has 0 aromatic heterocycles. The molecule has 1 N–H and O–H groups in total. The van der Waals surface area contributed by atoms with Crippen molar-refractivity contribution in [1.82, 2.24) is 0 Å². The Kier molecular flexibility index (Phi) is 4.13. The second-order valence-electron chi connectivity index (χ2n) is 7.89. The molecule has 22 heavy (non-hydrogen) atoms. The summed E-state index contributed by atoms with van der Waals surface area (Å²) in [5.41, 5.74) is 5.61. The Bertz CT molecular complexity index is 640. The van der Waals surface area contributed by atoms with E-state index in [4.69, 9.17) is 0 Å². The number of aryl methyl sites for hydroxylation is 1. The smallest absolute Gasteiger partial charge is 0.0519 e. The van der Waals surface area contributed by atoms with Gasteiger partial charge in [0, 0.05) is 13.8 Å². The summed E-state index contributed by atoms with van der Waals surface area (Å²) in [5, 5.41) is 3.76. The number of fused-ring (bicyclic) bond motifs is 1. The Labute approximate surface area is 135 Å². The predicted octanol–water partition coefficient (Wildman–Crippen LogP) is 5.97. The van der Waals surface area contributed by atoms with E-state index in [9.17, 15) is 0 Å². The van der Waals surface area contributed by atoms with Crippen molar-refractivity contribution in [3.63, 3.8) is 0 Å². The number of rotatable bonds is 3. The number of para-hydroxylation sites is 1. The number of hydrogen-bond donors (Lipinski definition) is 1. The number of hydrogen-bond acceptors (Lipinski definition) is 1. The molecule has 0 bridgehead atoms. The van der Waals surface area contributed by atoms with Crippen LogP contribution in [-0.4, -0.2) is 8.07 Å². The van der Waals surface area contributed by atoms with Crippen molar-refractivity contribution in [2.24, 2.45) is 0 Å². The normalized spacial score (nSPS) is 21.1. The molecule has 1 aliphatic heterocycles. The Balaban J connectivity index is 1.92. The van der Waals surface area contributed by atoms with Crippen LogP contribution in [0.2, 0.25) is 25.7 Å². The topological polar surface area (TPSA) is 12.0 Å². The standard InChI is InChI=1S/C20H27NSi/c1-15-9-11-16(12-10-15)20-13-17(14-22(2,3)4)18-7-5-6-8-19(18)21-20/h5-12,17,20-21H,13-14H2,1-4H3. The summed E-state index contributed by atoms with van der Waals surface area (Å²) in [4.78, 5) is 0. The average Bonchev–Trinajstić information content (AvgIpc) is 2.46. The molecule has 2 aromatic rings. The van der Waals surface area contributed by atoms with E-state index >= 15 is 0 Å². The number of nitrogens with one attached hydrogen (secondary N) is 1. The molecule has 1 heterocycles. The third-order valence-corrected chi connectivity index (χ3v) is 6.31. The van der Waals surface area contributed by atoms with E-state index in [1.165, 1.54) is 34.8 Å². The Morgan fingerprint density at radius 2 is 1.68 bits per heavy atom. The largest absolute Gasteiger partial charge is 0.378 e. The summed E-state index contributed by atoms with van der Waals surface area (Å²) < 4.78 is 0. The van der Waals surface area contributed by atoms with E-state index in [2.05, 4.69) is 80.4 Å². The van der Waals surface area contributed by atoms with E-state index in [0.717, 1.165) is 0 Å². The highest BCUT2D eigenvalue weighted by atomic mass is 28.3. The molecular formula is C20H27NSi. The molecule has 3 rings (SSSR count). The maximum atomic E-state index is 3.76. The summed E-state index contributed by atoms with van der Waals surface area (Å²) in [7, 11) is -1.08. The lowest BCUT2D eigenvalue weighted by Crippen LogP contribution is -2.28. The fourth-order valence-corrected chi connectivity index (χ4v) is 5.46. The lowest BCUT2D eigenvalue weighted by atomic mass is 9.85. The highest BCUT2D eigenvalue weighted by Crippen LogP contribution is 2.43. The molecule has 2 aromatic carbocycles. The first kappa shape index (κ1) is 15.4. The van der Waals surface area contributed by atoms with Crippen LogP contribution in [0, 0.1) is 6.92 Å². The van der Waals surface area contributed by atoms with Crippen LogP contribution in [0.3, 0.4) is 0 Å². The van der Waals surface area contributed by atoms with Crippen LogP contribution >= 0.6 is 0 Å². The molecule has 1 aliphatic rings.